The number of rotatable bonds is 16. The van der Waals surface area contributed by atoms with Gasteiger partial charge in [0.1, 0.15) is 11.5 Å². The molecule has 0 spiro atoms. The summed E-state index contributed by atoms with van der Waals surface area (Å²) in [7, 11) is -3.21. The second-order valence-corrected chi connectivity index (χ2v) is 22.0. The van der Waals surface area contributed by atoms with E-state index >= 15 is 0 Å². The van der Waals surface area contributed by atoms with Crippen LogP contribution < -0.4 is 15.3 Å². The summed E-state index contributed by atoms with van der Waals surface area (Å²) in [4.78, 5) is 45.8. The molecule has 1 aliphatic heterocycles. The van der Waals surface area contributed by atoms with Crippen molar-refractivity contribution in [3.63, 3.8) is 0 Å². The van der Waals surface area contributed by atoms with Gasteiger partial charge in [0.15, 0.2) is 18.3 Å². The molecule has 1 aliphatic rings. The zero-order chi connectivity index (χ0) is 45.1. The molecule has 11 heteroatoms. The topological polar surface area (TPSA) is 101 Å². The fraction of sp³-hybridized carbons (Fsp3) is 0.264. The number of thioether (sulfide) groups is 1. The molecule has 6 aromatic carbocycles. The lowest BCUT2D eigenvalue weighted by Crippen LogP contribution is -2.68. The van der Waals surface area contributed by atoms with Gasteiger partial charge in [0, 0.05) is 23.7 Å². The van der Waals surface area contributed by atoms with Crippen LogP contribution in [0, 0.1) is 0 Å². The Morgan fingerprint density at radius 2 is 0.938 bits per heavy atom. The maximum Gasteiger partial charge on any atom is 0.338 e. The highest BCUT2D eigenvalue weighted by atomic mass is 32.2. The molecule has 1 fully saturated rings. The van der Waals surface area contributed by atoms with E-state index in [0.717, 1.165) is 34.0 Å². The van der Waals surface area contributed by atoms with Crippen molar-refractivity contribution in [2.45, 2.75) is 74.4 Å². The van der Waals surface area contributed by atoms with Crippen LogP contribution in [0.15, 0.2) is 181 Å². The fourth-order valence-corrected chi connectivity index (χ4v) is 13.9. The zero-order valence-electron chi connectivity index (χ0n) is 36.9. The van der Waals surface area contributed by atoms with Gasteiger partial charge in [-0.1, -0.05) is 148 Å². The van der Waals surface area contributed by atoms with Gasteiger partial charge in [-0.15, -0.1) is 0 Å². The van der Waals surface area contributed by atoms with Gasteiger partial charge >= 0.3 is 17.9 Å². The summed E-state index contributed by atoms with van der Waals surface area (Å²) >= 11 is 1.33. The molecule has 0 aliphatic carbocycles. The summed E-state index contributed by atoms with van der Waals surface area (Å²) in [6.45, 7) is 12.4. The van der Waals surface area contributed by atoms with Crippen LogP contribution >= 0.6 is 11.8 Å². The van der Waals surface area contributed by atoms with E-state index in [1.54, 1.807) is 91.0 Å². The molecule has 7 rings (SSSR count). The Kier molecular flexibility index (Phi) is 15.2. The van der Waals surface area contributed by atoms with E-state index in [1.807, 2.05) is 60.7 Å². The van der Waals surface area contributed by atoms with E-state index in [4.69, 9.17) is 23.4 Å². The molecular formula is C53H55NO8SSi. The van der Waals surface area contributed by atoms with Crippen LogP contribution in [0.5, 0.6) is 0 Å². The van der Waals surface area contributed by atoms with Crippen molar-refractivity contribution >= 4 is 54.0 Å². The van der Waals surface area contributed by atoms with Gasteiger partial charge in [0.05, 0.1) is 23.3 Å². The molecule has 6 aromatic rings. The number of carbonyl (C=O) groups is 3. The van der Waals surface area contributed by atoms with Crippen molar-refractivity contribution in [3.8, 4) is 0 Å². The summed E-state index contributed by atoms with van der Waals surface area (Å²) in [5.41, 5.74) is 0.930. The van der Waals surface area contributed by atoms with Crippen LogP contribution in [0.1, 0.15) is 65.7 Å². The second kappa shape index (κ2) is 21.1. The van der Waals surface area contributed by atoms with Gasteiger partial charge in [-0.3, -0.25) is 0 Å². The van der Waals surface area contributed by atoms with Crippen molar-refractivity contribution < 1.29 is 37.8 Å². The average molecular weight is 894 g/mol. The minimum absolute atomic E-state index is 0.0727. The predicted molar refractivity (Wildman–Crippen MR) is 255 cm³/mol. The van der Waals surface area contributed by atoms with Crippen LogP contribution in [0.4, 0.5) is 5.69 Å². The Balaban J connectivity index is 1.37. The van der Waals surface area contributed by atoms with E-state index in [9.17, 15) is 14.4 Å². The number of benzene rings is 6. The molecule has 0 bridgehead atoms. The third-order valence-electron chi connectivity index (χ3n) is 11.4. The normalized spacial score (nSPS) is 18.7. The van der Waals surface area contributed by atoms with Gasteiger partial charge in [0.2, 0.25) is 0 Å². The first kappa shape index (κ1) is 46.0. The molecular weight excluding hydrogens is 839 g/mol. The number of hydrogen-bond donors (Lipinski definition) is 0. The van der Waals surface area contributed by atoms with Crippen LogP contribution in [0.3, 0.4) is 0 Å². The zero-order valence-corrected chi connectivity index (χ0v) is 38.7. The minimum Gasteiger partial charge on any atom is -0.452 e. The average Bonchev–Trinajstić information content (AvgIpc) is 3.33. The predicted octanol–water partition coefficient (Wildman–Crippen LogP) is 9.60. The quantitative estimate of drug-likeness (QED) is 0.0531. The first-order valence-electron chi connectivity index (χ1n) is 21.7. The Labute approximate surface area is 381 Å². The van der Waals surface area contributed by atoms with Crippen molar-refractivity contribution in [2.24, 2.45) is 0 Å². The molecule has 0 aromatic heterocycles. The van der Waals surface area contributed by atoms with E-state index < -0.39 is 61.1 Å². The highest BCUT2D eigenvalue weighted by Gasteiger charge is 2.56. The molecule has 64 heavy (non-hydrogen) atoms. The molecule has 0 amide bonds. The Morgan fingerprint density at radius 3 is 1.34 bits per heavy atom. The van der Waals surface area contributed by atoms with Crippen molar-refractivity contribution in [2.75, 3.05) is 24.6 Å². The second-order valence-electron chi connectivity index (χ2n) is 16.5. The Morgan fingerprint density at radius 1 is 0.547 bits per heavy atom. The number of nitrogens with zero attached hydrogens (tertiary/aromatic N) is 1. The van der Waals surface area contributed by atoms with E-state index in [-0.39, 0.29) is 23.3 Å². The van der Waals surface area contributed by atoms with Crippen LogP contribution in [-0.2, 0) is 23.4 Å². The third-order valence-corrected chi connectivity index (χ3v) is 17.6. The van der Waals surface area contributed by atoms with Gasteiger partial charge in [-0.05, 0) is 89.9 Å². The highest BCUT2D eigenvalue weighted by Crippen LogP contribution is 2.41. The number of ether oxygens (including phenoxy) is 4. The molecule has 9 nitrogen and oxygen atoms in total. The molecule has 1 heterocycles. The number of hydrogen-bond acceptors (Lipinski definition) is 10. The third kappa shape index (κ3) is 10.5. The van der Waals surface area contributed by atoms with Gasteiger partial charge < -0.3 is 28.3 Å². The number of carbonyl (C=O) groups excluding carboxylic acids is 3. The summed E-state index contributed by atoms with van der Waals surface area (Å²) < 4.78 is 34.0. The molecule has 0 saturated carbocycles. The maximum absolute atomic E-state index is 14.3. The highest BCUT2D eigenvalue weighted by molar-refractivity contribution is 7.99. The monoisotopic (exact) mass is 893 g/mol. The van der Waals surface area contributed by atoms with E-state index in [1.165, 1.54) is 11.8 Å². The van der Waals surface area contributed by atoms with Crippen molar-refractivity contribution in [1.29, 1.82) is 0 Å². The van der Waals surface area contributed by atoms with Gasteiger partial charge in [-0.25, -0.2) is 14.4 Å². The van der Waals surface area contributed by atoms with E-state index in [2.05, 4.69) is 63.8 Å². The Hall–Kier alpha value is -5.98. The first-order chi connectivity index (χ1) is 31.0. The van der Waals surface area contributed by atoms with E-state index in [0.29, 0.717) is 0 Å². The fourth-order valence-electron chi connectivity index (χ4n) is 8.23. The lowest BCUT2D eigenvalue weighted by atomic mass is 9.98. The SMILES string of the molecule is CCN(CC)c1ccc(S[C@@H]2O[C@H](CO[Si](c3ccccc3)(c3ccccc3)C(C)(C)C)[C@H](OC(=O)c3ccccc3)[C@H](OC(=O)c3ccccc3)[C@H]2OC(=O)c2ccccc2)cc1. The van der Waals surface area contributed by atoms with Gasteiger partial charge in [0.25, 0.3) is 8.32 Å². The smallest absolute Gasteiger partial charge is 0.338 e. The largest absolute Gasteiger partial charge is 0.452 e. The Bertz CT molecular complexity index is 2380. The summed E-state index contributed by atoms with van der Waals surface area (Å²) in [6, 6.07) is 54.3. The number of esters is 3. The summed E-state index contributed by atoms with van der Waals surface area (Å²) in [5.74, 6) is -2.02. The molecule has 1 saturated heterocycles. The van der Waals surface area contributed by atoms with Crippen molar-refractivity contribution in [1.82, 2.24) is 0 Å². The minimum atomic E-state index is -3.21. The molecule has 5 atom stereocenters. The molecule has 0 unspecified atom stereocenters. The van der Waals surface area contributed by atoms with Crippen LogP contribution in [0.2, 0.25) is 5.04 Å². The maximum atomic E-state index is 14.3. The molecule has 0 radical (unpaired) electrons. The van der Waals surface area contributed by atoms with Gasteiger partial charge in [-0.2, -0.15) is 0 Å². The molecule has 0 N–H and O–H groups in total. The lowest BCUT2D eigenvalue weighted by molar-refractivity contribution is -0.206. The van der Waals surface area contributed by atoms with Crippen LogP contribution in [-0.4, -0.2) is 75.8 Å². The summed E-state index contributed by atoms with van der Waals surface area (Å²) in [6.07, 6.45) is -4.97. The number of anilines is 1. The van der Waals surface area contributed by atoms with Crippen LogP contribution in [0.25, 0.3) is 0 Å². The summed E-state index contributed by atoms with van der Waals surface area (Å²) in [5, 5.41) is 1.68. The lowest BCUT2D eigenvalue weighted by Gasteiger charge is -2.47. The first-order valence-corrected chi connectivity index (χ1v) is 24.5. The van der Waals surface area contributed by atoms with Crippen molar-refractivity contribution in [3.05, 3.63) is 193 Å². The molecule has 330 valence electrons. The standard InChI is InChI=1S/C53H55NO8SSi/c1-6-54(7-2)41-33-35-42(36-34-41)63-52-48(62-51(57)40-27-17-10-18-28-40)47(61-50(56)39-25-15-9-16-26-39)46(60-49(55)38-23-13-8-14-24-38)45(59-52)37-58-64(53(3,4)5,43-29-19-11-20-30-43)44-31-21-12-22-32-44/h8-36,45-48,52H,6-7,37H2,1-5H3/t45-,46+,47+,48-,52+/m1/s1.